The molecule has 5 rings (SSSR count). The van der Waals surface area contributed by atoms with E-state index in [1.54, 1.807) is 0 Å². The van der Waals surface area contributed by atoms with Crippen molar-refractivity contribution in [1.29, 1.82) is 0 Å². The summed E-state index contributed by atoms with van der Waals surface area (Å²) in [4.78, 5) is 18.0. The molecule has 1 saturated heterocycles. The SMILES string of the molecule is O=C(Nc1cccc(OCc2cn3ccccc3n2)c1)C1(c2ccccc2)CCOCC1. The molecule has 0 atom stereocenters. The van der Waals surface area contributed by atoms with Gasteiger partial charge in [-0.1, -0.05) is 42.5 Å². The summed E-state index contributed by atoms with van der Waals surface area (Å²) in [6.07, 6.45) is 5.23. The molecular formula is C26H25N3O3. The van der Waals surface area contributed by atoms with E-state index >= 15 is 0 Å². The van der Waals surface area contributed by atoms with E-state index in [-0.39, 0.29) is 5.91 Å². The smallest absolute Gasteiger partial charge is 0.235 e. The van der Waals surface area contributed by atoms with Crippen LogP contribution in [0.4, 0.5) is 5.69 Å². The zero-order chi connectivity index (χ0) is 21.8. The van der Waals surface area contributed by atoms with Gasteiger partial charge in [-0.2, -0.15) is 0 Å². The fraction of sp³-hybridized carbons (Fsp3) is 0.231. The lowest BCUT2D eigenvalue weighted by atomic mass is 9.73. The van der Waals surface area contributed by atoms with Gasteiger partial charge < -0.3 is 19.2 Å². The molecule has 0 saturated carbocycles. The van der Waals surface area contributed by atoms with Crippen molar-refractivity contribution in [3.8, 4) is 5.75 Å². The Hall–Kier alpha value is -3.64. The van der Waals surface area contributed by atoms with Crippen molar-refractivity contribution < 1.29 is 14.3 Å². The summed E-state index contributed by atoms with van der Waals surface area (Å²) >= 11 is 0. The van der Waals surface area contributed by atoms with Crippen LogP contribution in [-0.2, 0) is 21.6 Å². The Balaban J connectivity index is 1.31. The van der Waals surface area contributed by atoms with E-state index in [4.69, 9.17) is 9.47 Å². The van der Waals surface area contributed by atoms with E-state index < -0.39 is 5.41 Å². The van der Waals surface area contributed by atoms with Crippen LogP contribution in [0.5, 0.6) is 5.75 Å². The molecule has 2 aromatic carbocycles. The van der Waals surface area contributed by atoms with Gasteiger partial charge in [0.1, 0.15) is 18.0 Å². The van der Waals surface area contributed by atoms with Crippen LogP contribution in [0.25, 0.3) is 5.65 Å². The summed E-state index contributed by atoms with van der Waals surface area (Å²) in [5, 5.41) is 3.12. The number of rotatable bonds is 6. The zero-order valence-corrected chi connectivity index (χ0v) is 17.7. The Bertz CT molecular complexity index is 1180. The molecule has 0 spiro atoms. The first-order valence-corrected chi connectivity index (χ1v) is 10.8. The van der Waals surface area contributed by atoms with Crippen LogP contribution >= 0.6 is 0 Å². The summed E-state index contributed by atoms with van der Waals surface area (Å²) in [5.41, 5.74) is 2.88. The highest BCUT2D eigenvalue weighted by molar-refractivity contribution is 5.99. The second kappa shape index (κ2) is 8.85. The third kappa shape index (κ3) is 4.09. The maximum Gasteiger partial charge on any atom is 0.235 e. The lowest BCUT2D eigenvalue weighted by Crippen LogP contribution is -2.44. The van der Waals surface area contributed by atoms with Crippen LogP contribution < -0.4 is 10.1 Å². The van der Waals surface area contributed by atoms with Crippen LogP contribution in [-0.4, -0.2) is 28.5 Å². The number of amides is 1. The largest absolute Gasteiger partial charge is 0.487 e. The molecule has 32 heavy (non-hydrogen) atoms. The van der Waals surface area contributed by atoms with Crippen LogP contribution in [0.1, 0.15) is 24.1 Å². The monoisotopic (exact) mass is 427 g/mol. The molecule has 1 N–H and O–H groups in total. The summed E-state index contributed by atoms with van der Waals surface area (Å²) in [7, 11) is 0. The van der Waals surface area contributed by atoms with Crippen LogP contribution in [0.3, 0.4) is 0 Å². The summed E-state index contributed by atoms with van der Waals surface area (Å²) in [6, 6.07) is 23.4. The number of benzene rings is 2. The van der Waals surface area contributed by atoms with Crippen LogP contribution in [0, 0.1) is 0 Å². The molecule has 0 aliphatic carbocycles. The minimum atomic E-state index is -0.590. The number of aromatic nitrogens is 2. The second-order valence-electron chi connectivity index (χ2n) is 8.03. The third-order valence-electron chi connectivity index (χ3n) is 6.00. The second-order valence-corrected chi connectivity index (χ2v) is 8.03. The summed E-state index contributed by atoms with van der Waals surface area (Å²) in [6.45, 7) is 1.50. The normalized spacial score (nSPS) is 15.4. The number of anilines is 1. The zero-order valence-electron chi connectivity index (χ0n) is 17.7. The first-order valence-electron chi connectivity index (χ1n) is 10.8. The van der Waals surface area contributed by atoms with Gasteiger partial charge in [0.15, 0.2) is 0 Å². The van der Waals surface area contributed by atoms with Gasteiger partial charge in [-0.15, -0.1) is 0 Å². The molecule has 6 heteroatoms. The van der Waals surface area contributed by atoms with Crippen LogP contribution in [0.15, 0.2) is 85.2 Å². The molecule has 1 fully saturated rings. The Labute approximate surface area is 186 Å². The number of imidazole rings is 1. The number of fused-ring (bicyclic) bond motifs is 1. The van der Waals surface area contributed by atoms with Gasteiger partial charge in [0.25, 0.3) is 0 Å². The van der Waals surface area contributed by atoms with E-state index in [0.717, 1.165) is 16.9 Å². The average molecular weight is 428 g/mol. The molecule has 1 aliphatic heterocycles. The van der Waals surface area contributed by atoms with Crippen molar-refractivity contribution in [1.82, 2.24) is 9.38 Å². The first-order chi connectivity index (χ1) is 15.7. The number of ether oxygens (including phenoxy) is 2. The van der Waals surface area contributed by atoms with Crippen molar-refractivity contribution in [2.24, 2.45) is 0 Å². The average Bonchev–Trinajstić information content (AvgIpc) is 3.27. The van der Waals surface area contributed by atoms with Gasteiger partial charge in [0.2, 0.25) is 5.91 Å². The fourth-order valence-electron chi connectivity index (χ4n) is 4.25. The molecule has 1 amide bonds. The number of carbonyl (C=O) groups is 1. The standard InChI is InChI=1S/C26H25N3O3/c30-25(26(12-15-31-16-13-26)20-7-2-1-3-8-20)28-21-9-6-10-23(17-21)32-19-22-18-29-14-5-4-11-24(29)27-22/h1-11,14,17-18H,12-13,15-16,19H2,(H,28,30). The predicted octanol–water partition coefficient (Wildman–Crippen LogP) is 4.60. The summed E-state index contributed by atoms with van der Waals surface area (Å²) < 4.78 is 13.5. The van der Waals surface area contributed by atoms with Crippen molar-refractivity contribution >= 4 is 17.2 Å². The number of pyridine rings is 1. The maximum absolute atomic E-state index is 13.5. The van der Waals surface area contributed by atoms with Gasteiger partial charge in [-0.3, -0.25) is 4.79 Å². The van der Waals surface area contributed by atoms with Gasteiger partial charge >= 0.3 is 0 Å². The molecule has 2 aromatic heterocycles. The van der Waals surface area contributed by atoms with E-state index in [0.29, 0.717) is 44.1 Å². The summed E-state index contributed by atoms with van der Waals surface area (Å²) in [5.74, 6) is 0.671. The minimum Gasteiger partial charge on any atom is -0.487 e. The number of nitrogens with zero attached hydrogens (tertiary/aromatic N) is 2. The van der Waals surface area contributed by atoms with Gasteiger partial charge in [0, 0.05) is 37.4 Å². The molecular weight excluding hydrogens is 402 g/mol. The molecule has 6 nitrogen and oxygen atoms in total. The van der Waals surface area contributed by atoms with E-state index in [2.05, 4.69) is 10.3 Å². The van der Waals surface area contributed by atoms with E-state index in [1.807, 2.05) is 89.6 Å². The Morgan fingerprint density at radius 2 is 1.84 bits per heavy atom. The predicted molar refractivity (Wildman–Crippen MR) is 123 cm³/mol. The maximum atomic E-state index is 13.5. The minimum absolute atomic E-state index is 0.00972. The Morgan fingerprint density at radius 3 is 2.66 bits per heavy atom. The highest BCUT2D eigenvalue weighted by Gasteiger charge is 2.41. The molecule has 162 valence electrons. The molecule has 0 radical (unpaired) electrons. The molecule has 3 heterocycles. The number of nitrogens with one attached hydrogen (secondary N) is 1. The number of carbonyl (C=O) groups excluding carboxylic acids is 1. The fourth-order valence-corrected chi connectivity index (χ4v) is 4.25. The molecule has 1 aliphatic rings. The number of hydrogen-bond donors (Lipinski definition) is 1. The first kappa shape index (κ1) is 20.3. The highest BCUT2D eigenvalue weighted by Crippen LogP contribution is 2.36. The lowest BCUT2D eigenvalue weighted by Gasteiger charge is -2.36. The number of hydrogen-bond acceptors (Lipinski definition) is 4. The highest BCUT2D eigenvalue weighted by atomic mass is 16.5. The van der Waals surface area contributed by atoms with Gasteiger partial charge in [-0.05, 0) is 42.7 Å². The van der Waals surface area contributed by atoms with Gasteiger partial charge in [0.05, 0.1) is 11.1 Å². The van der Waals surface area contributed by atoms with Crippen molar-refractivity contribution in [2.45, 2.75) is 24.9 Å². The van der Waals surface area contributed by atoms with Gasteiger partial charge in [-0.25, -0.2) is 4.98 Å². The topological polar surface area (TPSA) is 64.9 Å². The van der Waals surface area contributed by atoms with E-state index in [1.165, 1.54) is 0 Å². The van der Waals surface area contributed by atoms with Crippen LogP contribution in [0.2, 0.25) is 0 Å². The molecule has 0 bridgehead atoms. The van der Waals surface area contributed by atoms with E-state index in [9.17, 15) is 4.79 Å². The quantitative estimate of drug-likeness (QED) is 0.488. The van der Waals surface area contributed by atoms with Crippen molar-refractivity contribution in [3.05, 3.63) is 96.4 Å². The van der Waals surface area contributed by atoms with Crippen molar-refractivity contribution in [2.75, 3.05) is 18.5 Å². The Kier molecular flexibility index (Phi) is 5.60. The van der Waals surface area contributed by atoms with Crippen molar-refractivity contribution in [3.63, 3.8) is 0 Å². The lowest BCUT2D eigenvalue weighted by molar-refractivity contribution is -0.125. The molecule has 4 aromatic rings. The Morgan fingerprint density at radius 1 is 1.03 bits per heavy atom. The molecule has 0 unspecified atom stereocenters. The third-order valence-corrected chi connectivity index (χ3v) is 6.00.